The maximum atomic E-state index is 14.0. The van der Waals surface area contributed by atoms with Crippen molar-refractivity contribution in [3.8, 4) is 5.75 Å². The minimum atomic E-state index is -0.465. The van der Waals surface area contributed by atoms with Crippen LogP contribution in [0.5, 0.6) is 5.75 Å². The van der Waals surface area contributed by atoms with Gasteiger partial charge in [-0.05, 0) is 81.5 Å². The van der Waals surface area contributed by atoms with E-state index in [0.717, 1.165) is 108 Å². The Balaban J connectivity index is 1.02. The first-order chi connectivity index (χ1) is 25.9. The van der Waals surface area contributed by atoms with Crippen LogP contribution in [-0.4, -0.2) is 112 Å². The molecule has 1 N–H and O–H groups in total. The first-order valence-electron chi connectivity index (χ1n) is 20.8. The lowest BCUT2D eigenvalue weighted by Gasteiger charge is -2.77. The molecule has 10 heteroatoms. The molecule has 11 aliphatic heterocycles. The van der Waals surface area contributed by atoms with Crippen LogP contribution in [0.2, 0.25) is 0 Å². The number of allylic oxidation sites excluding steroid dienone is 2. The molecular weight excluding hydrogens is 668 g/mol. The summed E-state index contributed by atoms with van der Waals surface area (Å²) in [6, 6.07) is 7.67. The molecule has 2 bridgehead atoms. The molecule has 1 saturated carbocycles. The number of anilines is 1. The van der Waals surface area contributed by atoms with Crippen molar-refractivity contribution in [3.63, 3.8) is 0 Å². The van der Waals surface area contributed by atoms with Gasteiger partial charge in [0, 0.05) is 67.4 Å². The molecule has 11 fully saturated rings. The number of hydrogen-bond acceptors (Lipinski definition) is 10. The summed E-state index contributed by atoms with van der Waals surface area (Å²) in [4.78, 5) is 22.5. The van der Waals surface area contributed by atoms with Crippen molar-refractivity contribution in [3.05, 3.63) is 58.8 Å². The molecule has 15 rings (SSSR count). The SMILES string of the molecule is COC(=O)C1=C2NC3CC=CC=C3C23CCN2C4OC56C7CC4(CN5c4c(OC)cccc4C64CCN5CCC6OCCC6(C7)C54)C4OCCC4(C1)C23. The van der Waals surface area contributed by atoms with Crippen molar-refractivity contribution in [1.82, 2.24) is 15.1 Å². The van der Waals surface area contributed by atoms with Crippen molar-refractivity contribution < 1.29 is 28.5 Å². The van der Waals surface area contributed by atoms with Crippen LogP contribution in [0.4, 0.5) is 5.69 Å². The quantitative estimate of drug-likeness (QED) is 0.454. The second kappa shape index (κ2) is 9.21. The molecule has 0 aromatic heterocycles. The van der Waals surface area contributed by atoms with Crippen LogP contribution in [0.15, 0.2) is 53.3 Å². The van der Waals surface area contributed by atoms with E-state index in [4.69, 9.17) is 23.7 Å². The molecule has 1 aromatic carbocycles. The van der Waals surface area contributed by atoms with Gasteiger partial charge >= 0.3 is 5.97 Å². The normalized spacial score (nSPS) is 52.4. The highest BCUT2D eigenvalue weighted by Crippen LogP contribution is 2.81. The summed E-state index contributed by atoms with van der Waals surface area (Å²) in [5.74, 6) is 1.13. The molecule has 14 aliphatic rings. The van der Waals surface area contributed by atoms with Gasteiger partial charge in [-0.1, -0.05) is 30.4 Å². The molecule has 0 amide bonds. The summed E-state index contributed by atoms with van der Waals surface area (Å²) in [5, 5.41) is 3.97. The first-order valence-corrected chi connectivity index (χ1v) is 20.8. The van der Waals surface area contributed by atoms with Crippen LogP contribution < -0.4 is 15.0 Å². The predicted molar refractivity (Wildman–Crippen MR) is 193 cm³/mol. The zero-order chi connectivity index (χ0) is 34.9. The summed E-state index contributed by atoms with van der Waals surface area (Å²) in [6.07, 6.45) is 16.3. The zero-order valence-electron chi connectivity index (χ0n) is 30.9. The number of para-hydroxylation sites is 1. The number of nitrogens with zero attached hydrogens (tertiary/aromatic N) is 3. The monoisotopic (exact) mass is 718 g/mol. The van der Waals surface area contributed by atoms with E-state index >= 15 is 0 Å². The average molecular weight is 719 g/mol. The van der Waals surface area contributed by atoms with Gasteiger partial charge in [-0.2, -0.15) is 0 Å². The molecule has 10 nitrogen and oxygen atoms in total. The summed E-state index contributed by atoms with van der Waals surface area (Å²) in [6.45, 7) is 5.65. The van der Waals surface area contributed by atoms with Gasteiger partial charge in [-0.15, -0.1) is 0 Å². The minimum absolute atomic E-state index is 0.0403. The number of nitrogens with one attached hydrogen (secondary N) is 1. The van der Waals surface area contributed by atoms with Crippen LogP contribution in [0, 0.1) is 27.6 Å². The van der Waals surface area contributed by atoms with Crippen LogP contribution in [0.1, 0.15) is 63.4 Å². The van der Waals surface area contributed by atoms with Crippen LogP contribution in [0.3, 0.4) is 0 Å². The van der Waals surface area contributed by atoms with Gasteiger partial charge in [0.05, 0.1) is 60.0 Å². The first kappa shape index (κ1) is 30.3. The maximum absolute atomic E-state index is 14.0. The lowest BCUT2D eigenvalue weighted by molar-refractivity contribution is -0.379. The Kier molecular flexibility index (Phi) is 5.27. The largest absolute Gasteiger partial charge is 0.495 e. The molecule has 10 saturated heterocycles. The molecule has 11 heterocycles. The van der Waals surface area contributed by atoms with Gasteiger partial charge in [0.15, 0.2) is 5.72 Å². The van der Waals surface area contributed by atoms with Crippen molar-refractivity contribution in [2.45, 2.75) is 105 Å². The van der Waals surface area contributed by atoms with Crippen LogP contribution in [-0.2, 0) is 29.2 Å². The van der Waals surface area contributed by atoms with Crippen LogP contribution >= 0.6 is 0 Å². The summed E-state index contributed by atoms with van der Waals surface area (Å²) in [7, 11) is 3.41. The number of esters is 1. The molecule has 53 heavy (non-hydrogen) atoms. The lowest BCUT2D eigenvalue weighted by Crippen LogP contribution is -2.88. The zero-order valence-corrected chi connectivity index (χ0v) is 30.9. The van der Waals surface area contributed by atoms with Crippen molar-refractivity contribution >= 4 is 11.7 Å². The molecule has 3 aliphatic carbocycles. The topological polar surface area (TPSA) is 85.0 Å². The van der Waals surface area contributed by atoms with Crippen LogP contribution in [0.25, 0.3) is 0 Å². The molecule has 13 atom stereocenters. The van der Waals surface area contributed by atoms with E-state index in [9.17, 15) is 4.79 Å². The van der Waals surface area contributed by atoms with Crippen molar-refractivity contribution in [2.24, 2.45) is 27.6 Å². The fraction of sp³-hybridized carbons (Fsp3) is 0.698. The van der Waals surface area contributed by atoms with Gasteiger partial charge in [0.25, 0.3) is 0 Å². The molecule has 1 aromatic rings. The maximum Gasteiger partial charge on any atom is 0.335 e. The molecule has 6 spiro atoms. The van der Waals surface area contributed by atoms with E-state index in [1.165, 1.54) is 16.8 Å². The third kappa shape index (κ3) is 2.81. The van der Waals surface area contributed by atoms with E-state index in [-0.39, 0.29) is 57.5 Å². The van der Waals surface area contributed by atoms with Gasteiger partial charge in [0.1, 0.15) is 12.0 Å². The Morgan fingerprint density at radius 3 is 2.77 bits per heavy atom. The van der Waals surface area contributed by atoms with E-state index in [1.54, 1.807) is 7.11 Å². The number of carbonyl (C=O) groups excluding carboxylic acids is 1. The van der Waals surface area contributed by atoms with Gasteiger partial charge < -0.3 is 33.9 Å². The van der Waals surface area contributed by atoms with Gasteiger partial charge in [-0.3, -0.25) is 9.80 Å². The smallest absolute Gasteiger partial charge is 0.335 e. The Labute approximate surface area is 310 Å². The fourth-order valence-electron chi connectivity index (χ4n) is 17.7. The average Bonchev–Trinajstić information content (AvgIpc) is 4.04. The Hall–Kier alpha value is -2.89. The van der Waals surface area contributed by atoms with Gasteiger partial charge in [0.2, 0.25) is 0 Å². The second-order valence-corrected chi connectivity index (χ2v) is 19.3. The number of carbonyl (C=O) groups is 1. The third-order valence-electron chi connectivity index (χ3n) is 18.4. The predicted octanol–water partition coefficient (Wildman–Crippen LogP) is 4.01. The summed E-state index contributed by atoms with van der Waals surface area (Å²) in [5.41, 5.74) is 4.88. The summed E-state index contributed by atoms with van der Waals surface area (Å²) >= 11 is 0. The molecular formula is C43H50N4O6. The van der Waals surface area contributed by atoms with Gasteiger partial charge in [-0.25, -0.2) is 4.79 Å². The number of fused-ring (bicyclic) bond motifs is 2. The highest BCUT2D eigenvalue weighted by atomic mass is 16.6. The number of ether oxygens (including phenoxy) is 5. The third-order valence-corrected chi connectivity index (χ3v) is 18.4. The highest BCUT2D eigenvalue weighted by Gasteiger charge is 2.88. The Morgan fingerprint density at radius 1 is 0.981 bits per heavy atom. The molecule has 0 radical (unpaired) electrons. The minimum Gasteiger partial charge on any atom is -0.495 e. The highest BCUT2D eigenvalue weighted by molar-refractivity contribution is 5.91. The van der Waals surface area contributed by atoms with E-state index in [0.29, 0.717) is 24.5 Å². The van der Waals surface area contributed by atoms with E-state index < -0.39 is 5.72 Å². The fourth-order valence-corrected chi connectivity index (χ4v) is 17.7. The van der Waals surface area contributed by atoms with E-state index in [2.05, 4.69) is 56.4 Å². The summed E-state index contributed by atoms with van der Waals surface area (Å²) < 4.78 is 34.5. The number of piperidine rings is 3. The lowest BCUT2D eigenvalue weighted by atomic mass is 9.41. The Bertz CT molecular complexity index is 2030. The molecule has 13 unspecified atom stereocenters. The standard InChI is InChI=1S/C43H50N4O6/c1-49-29-9-5-7-27-31(29)47-23-40-21-24-20-38-13-18-51-30(38)10-15-45-16-12-42(27,35(38)45)43(24,47)53-37(40)46-17-11-41-26-6-3-4-8-28(26)44-32(41)25(33(48)50-2)22-39(34(41)46)14-19-52-36(39)40/h3-7,9,24,28,30,34-37,44H,8,10-23H2,1-2H3. The number of hydrogen-bond donors (Lipinski definition) is 1. The second-order valence-electron chi connectivity index (χ2n) is 19.3. The number of rotatable bonds is 2. The van der Waals surface area contributed by atoms with E-state index in [1.807, 2.05) is 7.11 Å². The van der Waals surface area contributed by atoms with Crippen molar-refractivity contribution in [2.75, 3.05) is 58.5 Å². The Morgan fingerprint density at radius 2 is 1.87 bits per heavy atom. The van der Waals surface area contributed by atoms with Crippen molar-refractivity contribution in [1.29, 1.82) is 0 Å². The molecule has 278 valence electrons. The number of benzene rings is 1. The number of methoxy groups -OCH3 is 2.